The number of hydrogen-bond donors (Lipinski definition) is 1. The van der Waals surface area contributed by atoms with Crippen molar-refractivity contribution in [3.05, 3.63) is 67.6 Å². The number of rotatable bonds is 3. The van der Waals surface area contributed by atoms with Gasteiger partial charge in [-0.3, -0.25) is 4.79 Å². The van der Waals surface area contributed by atoms with Crippen LogP contribution in [0.5, 0.6) is 0 Å². The van der Waals surface area contributed by atoms with Crippen molar-refractivity contribution < 1.29 is 9.90 Å². The Bertz CT molecular complexity index is 857. The van der Waals surface area contributed by atoms with Crippen LogP contribution >= 0.6 is 46.4 Å². The standard InChI is InChI=1S/C19H17Cl4NO2/c1-24-7-6-19(26,12-3-5-15(21)17(23)9-12)13(10-24)18(25)11-2-4-14(20)16(22)8-11/h2-5,8-9,13,26H,6-7,10H2,1H3/t13-,19+/m0/s1. The minimum atomic E-state index is -1.34. The molecule has 1 heterocycles. The highest BCUT2D eigenvalue weighted by atomic mass is 35.5. The number of halogens is 4. The van der Waals surface area contributed by atoms with Gasteiger partial charge >= 0.3 is 0 Å². The number of carbonyl (C=O) groups is 1. The maximum absolute atomic E-state index is 13.2. The first kappa shape index (κ1) is 19.9. The summed E-state index contributed by atoms with van der Waals surface area (Å²) in [5.41, 5.74) is -0.346. The highest BCUT2D eigenvalue weighted by molar-refractivity contribution is 6.42. The summed E-state index contributed by atoms with van der Waals surface area (Å²) in [6, 6.07) is 9.73. The number of Topliss-reactive ketones (excluding diaryl/α,β-unsaturated/α-hetero) is 1. The van der Waals surface area contributed by atoms with E-state index in [4.69, 9.17) is 46.4 Å². The van der Waals surface area contributed by atoms with Crippen LogP contribution in [0.1, 0.15) is 22.3 Å². The molecule has 3 rings (SSSR count). The number of benzene rings is 2. The Morgan fingerprint density at radius 2 is 1.65 bits per heavy atom. The number of ketones is 1. The molecule has 7 heteroatoms. The van der Waals surface area contributed by atoms with Gasteiger partial charge < -0.3 is 10.0 Å². The quantitative estimate of drug-likeness (QED) is 0.667. The lowest BCUT2D eigenvalue weighted by molar-refractivity contribution is -0.0593. The van der Waals surface area contributed by atoms with Crippen molar-refractivity contribution in [3.8, 4) is 0 Å². The fraction of sp³-hybridized carbons (Fsp3) is 0.316. The Morgan fingerprint density at radius 3 is 2.27 bits per heavy atom. The average molecular weight is 433 g/mol. The third-order valence-corrected chi connectivity index (χ3v) is 6.36. The van der Waals surface area contributed by atoms with Gasteiger partial charge in [-0.2, -0.15) is 0 Å². The zero-order valence-electron chi connectivity index (χ0n) is 14.0. The first-order valence-corrected chi connectivity index (χ1v) is 9.59. The van der Waals surface area contributed by atoms with Gasteiger partial charge in [-0.25, -0.2) is 0 Å². The Morgan fingerprint density at radius 1 is 1.04 bits per heavy atom. The van der Waals surface area contributed by atoms with Crippen LogP contribution in [-0.4, -0.2) is 35.9 Å². The number of piperidine rings is 1. The van der Waals surface area contributed by atoms with E-state index in [1.807, 2.05) is 11.9 Å². The number of likely N-dealkylation sites (tertiary alicyclic amines) is 1. The van der Waals surface area contributed by atoms with Crippen molar-refractivity contribution in [2.75, 3.05) is 20.1 Å². The van der Waals surface area contributed by atoms with Gasteiger partial charge in [0.1, 0.15) is 5.60 Å². The van der Waals surface area contributed by atoms with E-state index in [1.54, 1.807) is 30.3 Å². The lowest BCUT2D eigenvalue weighted by Crippen LogP contribution is -2.52. The topological polar surface area (TPSA) is 40.5 Å². The summed E-state index contributed by atoms with van der Waals surface area (Å²) in [4.78, 5) is 15.2. The molecule has 0 saturated carbocycles. The molecule has 2 aromatic carbocycles. The number of nitrogens with zero attached hydrogens (tertiary/aromatic N) is 1. The first-order valence-electron chi connectivity index (χ1n) is 8.08. The fourth-order valence-electron chi connectivity index (χ4n) is 3.35. The predicted molar refractivity (Wildman–Crippen MR) is 107 cm³/mol. The van der Waals surface area contributed by atoms with Crippen LogP contribution in [0.15, 0.2) is 36.4 Å². The van der Waals surface area contributed by atoms with Crippen molar-refractivity contribution in [1.82, 2.24) is 4.90 Å². The lowest BCUT2D eigenvalue weighted by atomic mass is 9.73. The third kappa shape index (κ3) is 3.75. The van der Waals surface area contributed by atoms with Crippen molar-refractivity contribution in [2.24, 2.45) is 5.92 Å². The van der Waals surface area contributed by atoms with E-state index in [0.717, 1.165) is 0 Å². The normalized spacial score (nSPS) is 23.8. The minimum Gasteiger partial charge on any atom is -0.384 e. The summed E-state index contributed by atoms with van der Waals surface area (Å²) in [5, 5.41) is 12.9. The summed E-state index contributed by atoms with van der Waals surface area (Å²) in [7, 11) is 1.92. The van der Waals surface area contributed by atoms with Crippen LogP contribution in [0.25, 0.3) is 0 Å². The summed E-state index contributed by atoms with van der Waals surface area (Å²) in [6.07, 6.45) is 0.402. The smallest absolute Gasteiger partial charge is 0.170 e. The van der Waals surface area contributed by atoms with E-state index < -0.39 is 11.5 Å². The summed E-state index contributed by atoms with van der Waals surface area (Å²) >= 11 is 24.1. The van der Waals surface area contributed by atoms with Crippen molar-refractivity contribution in [1.29, 1.82) is 0 Å². The van der Waals surface area contributed by atoms with E-state index in [9.17, 15) is 9.90 Å². The molecule has 3 nitrogen and oxygen atoms in total. The molecule has 138 valence electrons. The van der Waals surface area contributed by atoms with Gasteiger partial charge in [-0.1, -0.05) is 52.5 Å². The van der Waals surface area contributed by atoms with Gasteiger partial charge in [-0.15, -0.1) is 0 Å². The second-order valence-corrected chi connectivity index (χ2v) is 8.24. The van der Waals surface area contributed by atoms with Crippen molar-refractivity contribution in [3.63, 3.8) is 0 Å². The molecule has 0 spiro atoms. The second-order valence-electron chi connectivity index (χ2n) is 6.61. The fourth-order valence-corrected chi connectivity index (χ4v) is 3.95. The zero-order chi connectivity index (χ0) is 19.1. The molecular formula is C19H17Cl4NO2. The SMILES string of the molecule is CN1CC[C@@](O)(c2ccc(Cl)c(Cl)c2)[C@H](C(=O)c2ccc(Cl)c(Cl)c2)C1. The molecule has 2 atom stereocenters. The first-order chi connectivity index (χ1) is 12.2. The molecule has 1 fully saturated rings. The van der Waals surface area contributed by atoms with Gasteiger partial charge in [0, 0.05) is 18.7 Å². The second kappa shape index (κ2) is 7.67. The van der Waals surface area contributed by atoms with Gasteiger partial charge in [-0.05, 0) is 49.4 Å². The van der Waals surface area contributed by atoms with Crippen LogP contribution < -0.4 is 0 Å². The summed E-state index contributed by atoms with van der Waals surface area (Å²) in [6.45, 7) is 1.07. The Balaban J connectivity index is 2.03. The highest BCUT2D eigenvalue weighted by Gasteiger charge is 2.46. The molecule has 0 aliphatic carbocycles. The van der Waals surface area contributed by atoms with Gasteiger partial charge in [0.15, 0.2) is 5.78 Å². The van der Waals surface area contributed by atoms with Crippen LogP contribution in [0, 0.1) is 5.92 Å². The maximum atomic E-state index is 13.2. The Hall–Kier alpha value is -0.810. The molecule has 0 unspecified atom stereocenters. The molecule has 1 saturated heterocycles. The van der Waals surface area contributed by atoms with Crippen LogP contribution in [0.4, 0.5) is 0 Å². The largest absolute Gasteiger partial charge is 0.384 e. The van der Waals surface area contributed by atoms with Gasteiger partial charge in [0.25, 0.3) is 0 Å². The molecule has 2 aromatic rings. The van der Waals surface area contributed by atoms with E-state index in [-0.39, 0.29) is 5.78 Å². The molecule has 0 bridgehead atoms. The highest BCUT2D eigenvalue weighted by Crippen LogP contribution is 2.41. The number of aliphatic hydroxyl groups is 1. The lowest BCUT2D eigenvalue weighted by Gasteiger charge is -2.43. The Kier molecular flexibility index (Phi) is 5.88. The molecule has 0 amide bonds. The predicted octanol–water partition coefficient (Wildman–Crippen LogP) is 5.32. The number of carbonyl (C=O) groups excluding carboxylic acids is 1. The van der Waals surface area contributed by atoms with Crippen LogP contribution in [0.2, 0.25) is 20.1 Å². The minimum absolute atomic E-state index is 0.191. The monoisotopic (exact) mass is 431 g/mol. The maximum Gasteiger partial charge on any atom is 0.170 e. The molecule has 26 heavy (non-hydrogen) atoms. The molecule has 0 aromatic heterocycles. The average Bonchev–Trinajstić information content (AvgIpc) is 2.61. The van der Waals surface area contributed by atoms with Crippen LogP contribution in [0.3, 0.4) is 0 Å². The van der Waals surface area contributed by atoms with Crippen molar-refractivity contribution in [2.45, 2.75) is 12.0 Å². The zero-order valence-corrected chi connectivity index (χ0v) is 17.0. The summed E-state index contributed by atoms with van der Waals surface area (Å²) < 4.78 is 0. The van der Waals surface area contributed by atoms with Gasteiger partial charge in [0.05, 0.1) is 26.0 Å². The van der Waals surface area contributed by atoms with E-state index in [2.05, 4.69) is 0 Å². The van der Waals surface area contributed by atoms with E-state index in [0.29, 0.717) is 50.7 Å². The van der Waals surface area contributed by atoms with Crippen LogP contribution in [-0.2, 0) is 5.60 Å². The van der Waals surface area contributed by atoms with Crippen molar-refractivity contribution >= 4 is 52.2 Å². The molecule has 1 aliphatic rings. The molecule has 0 radical (unpaired) electrons. The number of hydrogen-bond acceptors (Lipinski definition) is 3. The Labute approximate surface area is 172 Å². The molecule has 1 N–H and O–H groups in total. The molecular weight excluding hydrogens is 416 g/mol. The molecule has 1 aliphatic heterocycles. The van der Waals surface area contributed by atoms with E-state index in [1.165, 1.54) is 6.07 Å². The van der Waals surface area contributed by atoms with E-state index >= 15 is 0 Å². The third-order valence-electron chi connectivity index (χ3n) is 4.89. The van der Waals surface area contributed by atoms with Gasteiger partial charge in [0.2, 0.25) is 0 Å². The summed E-state index contributed by atoms with van der Waals surface area (Å²) in [5.74, 6) is -0.862.